The minimum Gasteiger partial charge on any atom is -0.456 e. The topological polar surface area (TPSA) is 26.0 Å². The fraction of sp³-hybridized carbons (Fsp3) is 0. The Balaban J connectivity index is 1.56. The largest absolute Gasteiger partial charge is 0.456 e. The van der Waals surface area contributed by atoms with Crippen molar-refractivity contribution in [3.63, 3.8) is 0 Å². The Labute approximate surface area is 236 Å². The Kier molecular flexibility index (Phi) is 4.64. The molecule has 0 unspecified atom stereocenters. The number of fused-ring (bicyclic) bond motifs is 8. The summed E-state index contributed by atoms with van der Waals surface area (Å²) in [4.78, 5) is 5.01. The van der Waals surface area contributed by atoms with Crippen molar-refractivity contribution in [3.8, 4) is 22.3 Å². The summed E-state index contributed by atoms with van der Waals surface area (Å²) in [6.45, 7) is 0. The Bertz CT molecular complexity index is 2480. The van der Waals surface area contributed by atoms with E-state index >= 15 is 0 Å². The molecule has 0 radical (unpaired) electrons. The molecule has 0 atom stereocenters. The zero-order valence-corrected chi connectivity index (χ0v) is 22.1. The van der Waals surface area contributed by atoms with Gasteiger partial charge in [0.05, 0.1) is 5.52 Å². The third-order valence-corrected chi connectivity index (χ3v) is 8.49. The first-order chi connectivity index (χ1) is 20.4. The van der Waals surface area contributed by atoms with Crippen LogP contribution in [0.2, 0.25) is 0 Å². The monoisotopic (exact) mass is 521 g/mol. The lowest BCUT2D eigenvalue weighted by atomic mass is 9.83. The number of nitrogens with zero attached hydrogens (tertiary/aromatic N) is 1. The molecule has 0 saturated heterocycles. The molecule has 7 aromatic carbocycles. The van der Waals surface area contributed by atoms with Crippen molar-refractivity contribution in [1.82, 2.24) is 4.98 Å². The van der Waals surface area contributed by atoms with E-state index in [1.165, 1.54) is 43.6 Å². The number of furan rings is 1. The van der Waals surface area contributed by atoms with Crippen LogP contribution in [0.5, 0.6) is 0 Å². The fourth-order valence-corrected chi connectivity index (χ4v) is 6.80. The molecule has 0 aliphatic heterocycles. The summed E-state index contributed by atoms with van der Waals surface area (Å²) in [7, 11) is 0. The van der Waals surface area contributed by atoms with Gasteiger partial charge in [0.25, 0.3) is 0 Å². The predicted octanol–water partition coefficient (Wildman–Crippen LogP) is 10.9. The lowest BCUT2D eigenvalue weighted by molar-refractivity contribution is 0.669. The molecule has 2 heterocycles. The molecule has 0 N–H and O–H groups in total. The predicted molar refractivity (Wildman–Crippen MR) is 172 cm³/mol. The van der Waals surface area contributed by atoms with Crippen LogP contribution in [0, 0.1) is 0 Å². The molecule has 2 aromatic heterocycles. The Morgan fingerprint density at radius 3 is 1.88 bits per heavy atom. The molecule has 9 rings (SSSR count). The number of hydrogen-bond donors (Lipinski definition) is 0. The van der Waals surface area contributed by atoms with Crippen LogP contribution in [-0.2, 0) is 0 Å². The summed E-state index contributed by atoms with van der Waals surface area (Å²) >= 11 is 0. The van der Waals surface area contributed by atoms with Crippen LogP contribution in [-0.4, -0.2) is 4.98 Å². The molecule has 41 heavy (non-hydrogen) atoms. The molecule has 9 aromatic rings. The van der Waals surface area contributed by atoms with Crippen molar-refractivity contribution >= 4 is 65.2 Å². The maximum Gasteiger partial charge on any atom is 0.136 e. The smallest absolute Gasteiger partial charge is 0.136 e. The number of aromatic nitrogens is 1. The second kappa shape index (κ2) is 8.51. The van der Waals surface area contributed by atoms with Crippen LogP contribution in [0.3, 0.4) is 0 Å². The highest BCUT2D eigenvalue weighted by atomic mass is 16.3. The van der Waals surface area contributed by atoms with Crippen molar-refractivity contribution in [2.75, 3.05) is 0 Å². The molecule has 190 valence electrons. The summed E-state index contributed by atoms with van der Waals surface area (Å²) < 4.78 is 6.33. The van der Waals surface area contributed by atoms with Gasteiger partial charge < -0.3 is 4.42 Å². The van der Waals surface area contributed by atoms with E-state index < -0.39 is 0 Å². The highest BCUT2D eigenvalue weighted by Crippen LogP contribution is 2.49. The minimum atomic E-state index is 0.896. The minimum absolute atomic E-state index is 0.896. The van der Waals surface area contributed by atoms with Gasteiger partial charge in [-0.1, -0.05) is 115 Å². The second-order valence-electron chi connectivity index (χ2n) is 10.7. The first-order valence-corrected chi connectivity index (χ1v) is 14.0. The molecule has 0 bridgehead atoms. The van der Waals surface area contributed by atoms with Gasteiger partial charge in [-0.05, 0) is 62.0 Å². The molecule has 2 nitrogen and oxygen atoms in total. The molecule has 0 aliphatic carbocycles. The van der Waals surface area contributed by atoms with Crippen molar-refractivity contribution in [2.24, 2.45) is 0 Å². The van der Waals surface area contributed by atoms with Gasteiger partial charge in [0.15, 0.2) is 0 Å². The number of para-hydroxylation sites is 2. The Hall–Kier alpha value is -5.47. The summed E-state index contributed by atoms with van der Waals surface area (Å²) in [5.74, 6) is 0. The molecule has 0 fully saturated rings. The third kappa shape index (κ3) is 3.16. The zero-order chi connectivity index (χ0) is 26.9. The third-order valence-electron chi connectivity index (χ3n) is 8.49. The van der Waals surface area contributed by atoms with Gasteiger partial charge in [0.1, 0.15) is 11.2 Å². The van der Waals surface area contributed by atoms with Crippen molar-refractivity contribution in [2.45, 2.75) is 0 Å². The lowest BCUT2D eigenvalue weighted by Crippen LogP contribution is -1.94. The first kappa shape index (κ1) is 22.4. The van der Waals surface area contributed by atoms with Gasteiger partial charge >= 0.3 is 0 Å². The standard InChI is InChI=1S/C39H23NO/c1-2-13-25-24(11-1)12-9-18-26(25)38-28-15-4-3-14-27(28)36(32-23-40-33-20-7-5-16-29(33)39(32)38)31-19-10-22-35-37(31)30-17-6-8-21-34(30)41-35/h1-23H. The van der Waals surface area contributed by atoms with Crippen LogP contribution >= 0.6 is 0 Å². The highest BCUT2D eigenvalue weighted by molar-refractivity contribution is 6.30. The first-order valence-electron chi connectivity index (χ1n) is 14.0. The Morgan fingerprint density at radius 2 is 1.00 bits per heavy atom. The van der Waals surface area contributed by atoms with Gasteiger partial charge in [0, 0.05) is 33.1 Å². The average molecular weight is 522 g/mol. The normalized spacial score (nSPS) is 11.9. The Morgan fingerprint density at radius 1 is 0.390 bits per heavy atom. The quantitative estimate of drug-likeness (QED) is 0.167. The van der Waals surface area contributed by atoms with E-state index in [1.54, 1.807) is 0 Å². The van der Waals surface area contributed by atoms with Gasteiger partial charge in [-0.2, -0.15) is 0 Å². The van der Waals surface area contributed by atoms with E-state index in [0.29, 0.717) is 0 Å². The highest BCUT2D eigenvalue weighted by Gasteiger charge is 2.22. The molecular formula is C39H23NO. The summed E-state index contributed by atoms with van der Waals surface area (Å²) in [5, 5.41) is 10.7. The molecule has 0 saturated carbocycles. The van der Waals surface area contributed by atoms with E-state index in [-0.39, 0.29) is 0 Å². The van der Waals surface area contributed by atoms with E-state index in [0.717, 1.165) is 43.8 Å². The van der Waals surface area contributed by atoms with Crippen LogP contribution in [0.25, 0.3) is 87.4 Å². The van der Waals surface area contributed by atoms with Crippen molar-refractivity contribution in [1.29, 1.82) is 0 Å². The van der Waals surface area contributed by atoms with E-state index in [4.69, 9.17) is 9.40 Å². The van der Waals surface area contributed by atoms with Gasteiger partial charge in [-0.15, -0.1) is 0 Å². The zero-order valence-electron chi connectivity index (χ0n) is 22.1. The summed E-state index contributed by atoms with van der Waals surface area (Å²) in [6.07, 6.45) is 2.08. The number of benzene rings is 7. The maximum absolute atomic E-state index is 6.33. The molecule has 2 heteroatoms. The van der Waals surface area contributed by atoms with Gasteiger partial charge in [-0.3, -0.25) is 4.98 Å². The van der Waals surface area contributed by atoms with Gasteiger partial charge in [-0.25, -0.2) is 0 Å². The second-order valence-corrected chi connectivity index (χ2v) is 10.7. The molecule has 0 amide bonds. The number of pyridine rings is 1. The van der Waals surface area contributed by atoms with Crippen molar-refractivity contribution < 1.29 is 4.42 Å². The van der Waals surface area contributed by atoms with Crippen molar-refractivity contribution in [3.05, 3.63) is 140 Å². The fourth-order valence-electron chi connectivity index (χ4n) is 6.80. The van der Waals surface area contributed by atoms with E-state index in [2.05, 4.69) is 128 Å². The molecule has 0 aliphatic rings. The van der Waals surface area contributed by atoms with E-state index in [9.17, 15) is 0 Å². The molecule has 0 spiro atoms. The lowest BCUT2D eigenvalue weighted by Gasteiger charge is -2.20. The number of hydrogen-bond acceptors (Lipinski definition) is 2. The average Bonchev–Trinajstić information content (AvgIpc) is 3.42. The van der Waals surface area contributed by atoms with E-state index in [1.807, 2.05) is 12.1 Å². The molecular weight excluding hydrogens is 498 g/mol. The van der Waals surface area contributed by atoms with Crippen LogP contribution in [0.15, 0.2) is 144 Å². The van der Waals surface area contributed by atoms with Gasteiger partial charge in [0.2, 0.25) is 0 Å². The number of rotatable bonds is 2. The SMILES string of the molecule is c1ccc2c(-c3c4ccccc4c(-c4cccc5oc6ccccc6c45)c4cnc5ccccc5c34)cccc2c1. The summed E-state index contributed by atoms with van der Waals surface area (Å²) in [5.41, 5.74) is 7.63. The van der Waals surface area contributed by atoms with Crippen LogP contribution in [0.1, 0.15) is 0 Å². The maximum atomic E-state index is 6.33. The summed E-state index contributed by atoms with van der Waals surface area (Å²) in [6, 6.07) is 47.4. The van der Waals surface area contributed by atoms with Crippen LogP contribution < -0.4 is 0 Å². The van der Waals surface area contributed by atoms with Crippen LogP contribution in [0.4, 0.5) is 0 Å².